The first kappa shape index (κ1) is 22.3. The predicted octanol–water partition coefficient (Wildman–Crippen LogP) is 2.94. The van der Waals surface area contributed by atoms with Gasteiger partial charge in [-0.05, 0) is 31.0 Å². The quantitative estimate of drug-likeness (QED) is 0.738. The fourth-order valence-electron chi connectivity index (χ4n) is 3.08. The lowest BCUT2D eigenvalue weighted by molar-refractivity contribution is -0.137. The highest BCUT2D eigenvalue weighted by atomic mass is 35.5. The number of aromatic nitrogens is 1. The fourth-order valence-corrected chi connectivity index (χ4v) is 4.84. The first-order chi connectivity index (χ1) is 14.0. The molecular weight excluding hydrogens is 447 g/mol. The van der Waals surface area contributed by atoms with Gasteiger partial charge < -0.3 is 9.88 Å². The average molecular weight is 464 g/mol. The molecule has 0 unspecified atom stereocenters. The third-order valence-corrected chi connectivity index (χ3v) is 6.75. The Morgan fingerprint density at radius 2 is 1.80 bits per heavy atom. The van der Waals surface area contributed by atoms with Crippen LogP contribution in [0.2, 0.25) is 5.02 Å². The minimum absolute atomic E-state index is 0.175. The maximum Gasteiger partial charge on any atom is 0.418 e. The topological polar surface area (TPSA) is 88.5 Å². The Labute approximate surface area is 175 Å². The van der Waals surface area contributed by atoms with Gasteiger partial charge in [-0.25, -0.2) is 8.42 Å². The summed E-state index contributed by atoms with van der Waals surface area (Å²) in [6.45, 7) is 0.0219. The molecule has 0 bridgehead atoms. The number of amides is 1. The van der Waals surface area contributed by atoms with E-state index in [1.165, 1.54) is 10.4 Å². The van der Waals surface area contributed by atoms with Gasteiger partial charge in [0.2, 0.25) is 15.9 Å². The molecular formula is C18H17ClF3N3O4S. The molecule has 0 saturated carbocycles. The van der Waals surface area contributed by atoms with Crippen molar-refractivity contribution in [1.29, 1.82) is 0 Å². The van der Waals surface area contributed by atoms with E-state index in [0.717, 1.165) is 47.9 Å². The Kier molecular flexibility index (Phi) is 6.25. The Morgan fingerprint density at radius 3 is 2.43 bits per heavy atom. The molecule has 1 aromatic carbocycles. The second-order valence-electron chi connectivity index (χ2n) is 6.65. The average Bonchev–Trinajstić information content (AvgIpc) is 3.19. The number of pyridine rings is 1. The van der Waals surface area contributed by atoms with Crippen molar-refractivity contribution in [1.82, 2.24) is 8.87 Å². The van der Waals surface area contributed by atoms with E-state index in [1.807, 2.05) is 0 Å². The normalized spacial score (nSPS) is 15.3. The van der Waals surface area contributed by atoms with Gasteiger partial charge in [0.15, 0.2) is 0 Å². The number of carbonyl (C=O) groups is 1. The third kappa shape index (κ3) is 4.68. The molecule has 1 N–H and O–H groups in total. The Bertz CT molecular complexity index is 1130. The fraction of sp³-hybridized carbons (Fsp3) is 0.333. The summed E-state index contributed by atoms with van der Waals surface area (Å²) >= 11 is 5.80. The molecule has 0 radical (unpaired) electrons. The highest BCUT2D eigenvalue weighted by Gasteiger charge is 2.35. The number of halogens is 4. The van der Waals surface area contributed by atoms with Crippen molar-refractivity contribution in [2.75, 3.05) is 18.4 Å². The summed E-state index contributed by atoms with van der Waals surface area (Å²) in [4.78, 5) is 24.2. The van der Waals surface area contributed by atoms with Crippen molar-refractivity contribution in [3.8, 4) is 0 Å². The van der Waals surface area contributed by atoms with Crippen LogP contribution in [0.1, 0.15) is 18.4 Å². The van der Waals surface area contributed by atoms with Crippen LogP contribution < -0.4 is 10.9 Å². The number of para-hydroxylation sites is 1. The molecule has 1 aliphatic rings. The monoisotopic (exact) mass is 463 g/mol. The lowest BCUT2D eigenvalue weighted by atomic mass is 10.1. The number of hydrogen-bond donors (Lipinski definition) is 1. The molecule has 1 aromatic heterocycles. The van der Waals surface area contributed by atoms with Crippen molar-refractivity contribution >= 4 is 33.2 Å². The van der Waals surface area contributed by atoms with Gasteiger partial charge in [0.05, 0.1) is 21.2 Å². The second kappa shape index (κ2) is 8.40. The molecule has 0 atom stereocenters. The molecule has 7 nitrogen and oxygen atoms in total. The molecule has 0 spiro atoms. The van der Waals surface area contributed by atoms with Crippen molar-refractivity contribution < 1.29 is 26.4 Å². The summed E-state index contributed by atoms with van der Waals surface area (Å²) < 4.78 is 66.9. The van der Waals surface area contributed by atoms with Gasteiger partial charge in [-0.1, -0.05) is 17.7 Å². The van der Waals surface area contributed by atoms with Crippen molar-refractivity contribution in [3.05, 3.63) is 57.5 Å². The lowest BCUT2D eigenvalue weighted by Gasteiger charge is -2.17. The van der Waals surface area contributed by atoms with E-state index in [2.05, 4.69) is 5.32 Å². The smallest absolute Gasteiger partial charge is 0.323 e. The zero-order valence-electron chi connectivity index (χ0n) is 15.4. The van der Waals surface area contributed by atoms with E-state index in [9.17, 15) is 31.2 Å². The SMILES string of the molecule is O=C(Cn1cc(S(=O)(=O)N2CCCC2)ccc1=O)Nc1c(Cl)cccc1C(F)(F)F. The van der Waals surface area contributed by atoms with E-state index in [4.69, 9.17) is 11.6 Å². The Morgan fingerprint density at radius 1 is 1.13 bits per heavy atom. The standard InChI is InChI=1S/C18H17ClF3N3O4S/c19-14-5-3-4-13(18(20,21)22)17(14)23-15(26)11-24-10-12(6-7-16(24)27)30(28,29)25-8-1-2-9-25/h3-7,10H,1-2,8-9,11H2,(H,23,26). The van der Waals surface area contributed by atoms with E-state index in [1.54, 1.807) is 0 Å². The number of carbonyl (C=O) groups excluding carboxylic acids is 1. The minimum atomic E-state index is -4.76. The summed E-state index contributed by atoms with van der Waals surface area (Å²) in [5.41, 5.74) is -2.45. The van der Waals surface area contributed by atoms with Gasteiger partial charge in [0, 0.05) is 25.4 Å². The van der Waals surface area contributed by atoms with Crippen LogP contribution in [0.5, 0.6) is 0 Å². The molecule has 30 heavy (non-hydrogen) atoms. The lowest BCUT2D eigenvalue weighted by Crippen LogP contribution is -2.31. The summed E-state index contributed by atoms with van der Waals surface area (Å²) in [6, 6.07) is 5.17. The van der Waals surface area contributed by atoms with Crippen molar-refractivity contribution in [3.63, 3.8) is 0 Å². The van der Waals surface area contributed by atoms with Gasteiger partial charge in [0.1, 0.15) is 6.54 Å². The van der Waals surface area contributed by atoms with Crippen LogP contribution in [0.25, 0.3) is 0 Å². The predicted molar refractivity (Wildman–Crippen MR) is 104 cm³/mol. The highest BCUT2D eigenvalue weighted by molar-refractivity contribution is 7.89. The molecule has 2 aromatic rings. The number of nitrogens with zero attached hydrogens (tertiary/aromatic N) is 2. The van der Waals surface area contributed by atoms with Crippen LogP contribution in [-0.2, 0) is 27.5 Å². The number of sulfonamides is 1. The van der Waals surface area contributed by atoms with Gasteiger partial charge >= 0.3 is 6.18 Å². The Balaban J connectivity index is 1.86. The first-order valence-corrected chi connectivity index (χ1v) is 10.7. The summed E-state index contributed by atoms with van der Waals surface area (Å²) in [5.74, 6) is -0.966. The van der Waals surface area contributed by atoms with Crippen LogP contribution in [0.4, 0.5) is 18.9 Å². The summed E-state index contributed by atoms with van der Waals surface area (Å²) in [5, 5.41) is 1.74. The largest absolute Gasteiger partial charge is 0.418 e. The number of benzene rings is 1. The van der Waals surface area contributed by atoms with Crippen LogP contribution >= 0.6 is 11.6 Å². The number of alkyl halides is 3. The Hall–Kier alpha value is -2.37. The molecule has 3 rings (SSSR count). The summed E-state index contributed by atoms with van der Waals surface area (Å²) in [7, 11) is -3.83. The van der Waals surface area contributed by atoms with Crippen molar-refractivity contribution in [2.24, 2.45) is 0 Å². The number of nitrogens with one attached hydrogen (secondary N) is 1. The number of hydrogen-bond acceptors (Lipinski definition) is 4. The minimum Gasteiger partial charge on any atom is -0.323 e. The third-order valence-electron chi connectivity index (χ3n) is 4.56. The highest BCUT2D eigenvalue weighted by Crippen LogP contribution is 2.38. The number of anilines is 1. The van der Waals surface area contributed by atoms with Gasteiger partial charge in [-0.3, -0.25) is 9.59 Å². The van der Waals surface area contributed by atoms with Crippen LogP contribution in [0, 0.1) is 0 Å². The van der Waals surface area contributed by atoms with E-state index in [-0.39, 0.29) is 9.92 Å². The molecule has 1 amide bonds. The van der Waals surface area contributed by atoms with Gasteiger partial charge in [-0.15, -0.1) is 0 Å². The van der Waals surface area contributed by atoms with E-state index < -0.39 is 45.5 Å². The van der Waals surface area contributed by atoms with Gasteiger partial charge in [-0.2, -0.15) is 17.5 Å². The zero-order chi connectivity index (χ0) is 22.1. The summed E-state index contributed by atoms with van der Waals surface area (Å²) in [6.07, 6.45) is -2.30. The zero-order valence-corrected chi connectivity index (χ0v) is 17.0. The van der Waals surface area contributed by atoms with Crippen LogP contribution in [0.15, 0.2) is 46.2 Å². The molecule has 12 heteroatoms. The van der Waals surface area contributed by atoms with Crippen LogP contribution in [-0.4, -0.2) is 36.3 Å². The molecule has 2 heterocycles. The van der Waals surface area contributed by atoms with Gasteiger partial charge in [0.25, 0.3) is 5.56 Å². The van der Waals surface area contributed by atoms with E-state index >= 15 is 0 Å². The van der Waals surface area contributed by atoms with Crippen molar-refractivity contribution in [2.45, 2.75) is 30.5 Å². The molecule has 162 valence electrons. The molecule has 1 aliphatic heterocycles. The molecule has 0 aliphatic carbocycles. The molecule has 1 fully saturated rings. The molecule has 1 saturated heterocycles. The maximum absolute atomic E-state index is 13.2. The van der Waals surface area contributed by atoms with E-state index in [0.29, 0.717) is 13.1 Å². The number of rotatable bonds is 5. The van der Waals surface area contributed by atoms with Crippen LogP contribution in [0.3, 0.4) is 0 Å². The maximum atomic E-state index is 13.2. The first-order valence-electron chi connectivity index (χ1n) is 8.86. The second-order valence-corrected chi connectivity index (χ2v) is 9.00.